The van der Waals surface area contributed by atoms with Crippen molar-refractivity contribution in [2.24, 2.45) is 0 Å². The highest BCUT2D eigenvalue weighted by molar-refractivity contribution is 6.34. The van der Waals surface area contributed by atoms with Crippen LogP contribution in [-0.2, 0) is 16.2 Å². The average Bonchev–Trinajstić information content (AvgIpc) is 3.37. The quantitative estimate of drug-likeness (QED) is 0.462. The molecule has 11 heteroatoms. The topological polar surface area (TPSA) is 85.5 Å². The highest BCUT2D eigenvalue weighted by Crippen LogP contribution is 2.39. The molecule has 1 aliphatic carbocycles. The molecule has 0 unspecified atom stereocenters. The predicted octanol–water partition coefficient (Wildman–Crippen LogP) is 5.13. The molecule has 0 bridgehead atoms. The monoisotopic (exact) mass is 489 g/mol. The molecule has 0 saturated carbocycles. The fourth-order valence-electron chi connectivity index (χ4n) is 4.02. The zero-order valence-corrected chi connectivity index (χ0v) is 18.2. The number of rotatable bonds is 5. The minimum Gasteiger partial charge on any atom is -0.482 e. The first kappa shape index (κ1) is 22.1. The van der Waals surface area contributed by atoms with Gasteiger partial charge in [-0.2, -0.15) is 4.98 Å². The Labute approximate surface area is 195 Å². The van der Waals surface area contributed by atoms with Gasteiger partial charge in [0.05, 0.1) is 16.3 Å². The zero-order chi connectivity index (χ0) is 24.0. The van der Waals surface area contributed by atoms with Gasteiger partial charge in [0.25, 0.3) is 17.7 Å². The van der Waals surface area contributed by atoms with Crippen molar-refractivity contribution in [2.45, 2.75) is 32.3 Å². The van der Waals surface area contributed by atoms with Crippen LogP contribution in [0.15, 0.2) is 46.0 Å². The number of nitrogens with zero attached hydrogens (tertiary/aromatic N) is 3. The fourth-order valence-corrected chi connectivity index (χ4v) is 4.23. The molecule has 0 saturated heterocycles. The largest absolute Gasteiger partial charge is 0.482 e. The van der Waals surface area contributed by atoms with E-state index in [0.29, 0.717) is 24.0 Å². The van der Waals surface area contributed by atoms with Crippen molar-refractivity contribution >= 4 is 29.1 Å². The van der Waals surface area contributed by atoms with Gasteiger partial charge in [-0.1, -0.05) is 22.8 Å². The number of benzene rings is 2. The van der Waals surface area contributed by atoms with Crippen molar-refractivity contribution in [3.8, 4) is 17.1 Å². The minimum atomic E-state index is -0.867. The molecule has 2 aromatic carbocycles. The van der Waals surface area contributed by atoms with Gasteiger partial charge in [-0.3, -0.25) is 9.59 Å². The smallest absolute Gasteiger partial charge is 0.264 e. The molecule has 5 rings (SSSR count). The summed E-state index contributed by atoms with van der Waals surface area (Å²) in [4.78, 5) is 30.3. The summed E-state index contributed by atoms with van der Waals surface area (Å²) in [6.45, 7) is -0.371. The molecule has 0 radical (unpaired) electrons. The van der Waals surface area contributed by atoms with Crippen LogP contribution in [0.2, 0.25) is 5.02 Å². The zero-order valence-electron chi connectivity index (χ0n) is 17.4. The molecule has 7 nitrogen and oxygen atoms in total. The summed E-state index contributed by atoms with van der Waals surface area (Å²) >= 11 is 6.08. The molecule has 2 amide bonds. The third kappa shape index (κ3) is 3.73. The summed E-state index contributed by atoms with van der Waals surface area (Å²) in [5, 5.41) is 3.43. The van der Waals surface area contributed by atoms with Crippen molar-refractivity contribution in [1.82, 2.24) is 10.1 Å². The van der Waals surface area contributed by atoms with Crippen molar-refractivity contribution < 1.29 is 32.0 Å². The summed E-state index contributed by atoms with van der Waals surface area (Å²) in [6.07, 6.45) is 2.51. The van der Waals surface area contributed by atoms with Gasteiger partial charge in [0.1, 0.15) is 23.2 Å². The van der Waals surface area contributed by atoms with Crippen LogP contribution in [0, 0.1) is 17.5 Å². The molecule has 1 aliphatic heterocycles. The van der Waals surface area contributed by atoms with Crippen LogP contribution in [-0.4, -0.2) is 22.0 Å². The Kier molecular flexibility index (Phi) is 5.60. The standard InChI is InChI=1S/C23H15ClF3N3O4/c24-13-8-16(27)17(30-22(31)11-4-1-2-5-12(11)23(30)32)9-18(13)33-10-19-28-21(29-34-19)20-14(25)6-3-7-15(20)26/h3,6-9H,1-2,4-5,10H2. The van der Waals surface area contributed by atoms with Crippen LogP contribution >= 0.6 is 11.6 Å². The highest BCUT2D eigenvalue weighted by atomic mass is 35.5. The number of ether oxygens (including phenoxy) is 1. The summed E-state index contributed by atoms with van der Waals surface area (Å²) in [5.41, 5.74) is 0.0734. The van der Waals surface area contributed by atoms with Crippen LogP contribution in [0.5, 0.6) is 5.75 Å². The van der Waals surface area contributed by atoms with Crippen molar-refractivity contribution in [1.29, 1.82) is 0 Å². The van der Waals surface area contributed by atoms with E-state index in [1.807, 2.05) is 0 Å². The summed E-state index contributed by atoms with van der Waals surface area (Å²) in [5.74, 6) is -4.21. The first-order valence-electron chi connectivity index (χ1n) is 10.3. The lowest BCUT2D eigenvalue weighted by Gasteiger charge is -2.18. The van der Waals surface area contributed by atoms with Gasteiger partial charge in [0, 0.05) is 17.2 Å². The van der Waals surface area contributed by atoms with E-state index in [-0.39, 0.29) is 34.8 Å². The minimum absolute atomic E-state index is 0.0552. The maximum absolute atomic E-state index is 14.7. The average molecular weight is 490 g/mol. The van der Waals surface area contributed by atoms with Crippen LogP contribution in [0.3, 0.4) is 0 Å². The van der Waals surface area contributed by atoms with E-state index < -0.39 is 34.8 Å². The van der Waals surface area contributed by atoms with E-state index in [9.17, 15) is 22.8 Å². The number of aromatic nitrogens is 2. The molecule has 0 atom stereocenters. The van der Waals surface area contributed by atoms with Gasteiger partial charge in [0.2, 0.25) is 5.82 Å². The number of hydrogen-bond donors (Lipinski definition) is 0. The van der Waals surface area contributed by atoms with E-state index in [0.717, 1.165) is 42.0 Å². The lowest BCUT2D eigenvalue weighted by atomic mass is 9.93. The second-order valence-corrected chi connectivity index (χ2v) is 8.15. The van der Waals surface area contributed by atoms with E-state index in [2.05, 4.69) is 10.1 Å². The highest BCUT2D eigenvalue weighted by Gasteiger charge is 2.41. The number of anilines is 1. The van der Waals surface area contributed by atoms with Crippen LogP contribution in [0.25, 0.3) is 11.4 Å². The van der Waals surface area contributed by atoms with Crippen LogP contribution < -0.4 is 9.64 Å². The van der Waals surface area contributed by atoms with Gasteiger partial charge in [-0.25, -0.2) is 18.1 Å². The van der Waals surface area contributed by atoms with Crippen molar-refractivity contribution in [3.05, 3.63) is 69.8 Å². The lowest BCUT2D eigenvalue weighted by molar-refractivity contribution is -0.120. The molecule has 2 aliphatic rings. The van der Waals surface area contributed by atoms with E-state index in [1.54, 1.807) is 0 Å². The molecule has 0 fully saturated rings. The van der Waals surface area contributed by atoms with E-state index in [1.165, 1.54) is 6.07 Å². The third-order valence-corrected chi connectivity index (χ3v) is 5.93. The molecule has 1 aromatic heterocycles. The molecule has 2 heterocycles. The first-order chi connectivity index (χ1) is 16.3. The second-order valence-electron chi connectivity index (χ2n) is 7.74. The van der Waals surface area contributed by atoms with Crippen LogP contribution in [0.4, 0.5) is 18.9 Å². The third-order valence-electron chi connectivity index (χ3n) is 5.64. The molecular formula is C23H15ClF3N3O4. The van der Waals surface area contributed by atoms with Gasteiger partial charge >= 0.3 is 0 Å². The maximum Gasteiger partial charge on any atom is 0.264 e. The van der Waals surface area contributed by atoms with E-state index >= 15 is 0 Å². The van der Waals surface area contributed by atoms with Crippen molar-refractivity contribution in [2.75, 3.05) is 4.90 Å². The lowest BCUT2D eigenvalue weighted by Crippen LogP contribution is -2.32. The Balaban J connectivity index is 1.38. The Hall–Kier alpha value is -3.66. The summed E-state index contributed by atoms with van der Waals surface area (Å²) < 4.78 is 53.1. The first-order valence-corrected chi connectivity index (χ1v) is 10.7. The number of amides is 2. The summed E-state index contributed by atoms with van der Waals surface area (Å²) in [6, 6.07) is 5.38. The molecule has 34 heavy (non-hydrogen) atoms. The summed E-state index contributed by atoms with van der Waals surface area (Å²) in [7, 11) is 0. The molecule has 0 spiro atoms. The molecule has 0 N–H and O–H groups in total. The molecular weight excluding hydrogens is 475 g/mol. The van der Waals surface area contributed by atoms with Gasteiger partial charge < -0.3 is 9.26 Å². The van der Waals surface area contributed by atoms with Crippen molar-refractivity contribution in [3.63, 3.8) is 0 Å². The van der Waals surface area contributed by atoms with Gasteiger partial charge in [-0.05, 0) is 43.9 Å². The van der Waals surface area contributed by atoms with Gasteiger partial charge in [-0.15, -0.1) is 0 Å². The number of carbonyl (C=O) groups excluding carboxylic acids is 2. The predicted molar refractivity (Wildman–Crippen MR) is 113 cm³/mol. The Bertz CT molecular complexity index is 1320. The number of halogens is 4. The number of imide groups is 1. The fraction of sp³-hybridized carbons (Fsp3) is 0.217. The van der Waals surface area contributed by atoms with Gasteiger partial charge in [0.15, 0.2) is 6.61 Å². The van der Waals surface area contributed by atoms with Crippen LogP contribution in [0.1, 0.15) is 31.6 Å². The molecule has 174 valence electrons. The second kappa shape index (κ2) is 8.60. The normalized spacial score (nSPS) is 15.8. The SMILES string of the molecule is O=C1C2=C(CCCC2)C(=O)N1c1cc(OCc2nc(-c3c(F)cccc3F)no2)c(Cl)cc1F. The Morgan fingerprint density at radius 1 is 1.00 bits per heavy atom. The maximum atomic E-state index is 14.7. The van der Waals surface area contributed by atoms with E-state index in [4.69, 9.17) is 20.9 Å². The Morgan fingerprint density at radius 2 is 1.65 bits per heavy atom. The number of carbonyl (C=O) groups is 2. The number of hydrogen-bond acceptors (Lipinski definition) is 6. The molecule has 3 aromatic rings. The Morgan fingerprint density at radius 3 is 2.29 bits per heavy atom.